The zero-order valence-corrected chi connectivity index (χ0v) is 9.64. The lowest BCUT2D eigenvalue weighted by Gasteiger charge is -2.08. The third-order valence-corrected chi connectivity index (χ3v) is 2.15. The summed E-state index contributed by atoms with van der Waals surface area (Å²) in [7, 11) is 0. The number of nitriles is 1. The summed E-state index contributed by atoms with van der Waals surface area (Å²) in [6.45, 7) is 2.56. The SMILES string of the molecule is CCNC(=O)CNc1cc(Cl)ccc1C#N. The van der Waals surface area contributed by atoms with Crippen LogP contribution in [-0.2, 0) is 4.79 Å². The lowest BCUT2D eigenvalue weighted by molar-refractivity contribution is -0.119. The van der Waals surface area contributed by atoms with Crippen molar-refractivity contribution in [2.24, 2.45) is 0 Å². The second-order valence-electron chi connectivity index (χ2n) is 3.11. The topological polar surface area (TPSA) is 64.9 Å². The first-order valence-corrected chi connectivity index (χ1v) is 5.25. The van der Waals surface area contributed by atoms with Crippen molar-refractivity contribution in [3.05, 3.63) is 28.8 Å². The summed E-state index contributed by atoms with van der Waals surface area (Å²) in [5.41, 5.74) is 1.04. The van der Waals surface area contributed by atoms with Crippen LogP contribution in [0.25, 0.3) is 0 Å². The molecule has 0 radical (unpaired) electrons. The van der Waals surface area contributed by atoms with E-state index in [0.717, 1.165) is 0 Å². The van der Waals surface area contributed by atoms with Gasteiger partial charge in [-0.25, -0.2) is 0 Å². The molecule has 0 saturated heterocycles. The summed E-state index contributed by atoms with van der Waals surface area (Å²) in [5, 5.41) is 14.9. The Balaban J connectivity index is 2.70. The Kier molecular flexibility index (Phi) is 4.62. The van der Waals surface area contributed by atoms with Gasteiger partial charge >= 0.3 is 0 Å². The Hall–Kier alpha value is -1.73. The first kappa shape index (κ1) is 12.3. The highest BCUT2D eigenvalue weighted by Crippen LogP contribution is 2.19. The van der Waals surface area contributed by atoms with Crippen LogP contribution in [0.3, 0.4) is 0 Å². The fourth-order valence-electron chi connectivity index (χ4n) is 1.20. The number of nitrogens with one attached hydrogen (secondary N) is 2. The first-order chi connectivity index (χ1) is 7.67. The number of likely N-dealkylation sites (N-methyl/N-ethyl adjacent to an activating group) is 1. The van der Waals surface area contributed by atoms with E-state index in [4.69, 9.17) is 16.9 Å². The predicted octanol–water partition coefficient (Wildman–Crippen LogP) is 1.76. The number of carbonyl (C=O) groups excluding carboxylic acids is 1. The molecule has 0 atom stereocenters. The number of amides is 1. The molecule has 0 aromatic heterocycles. The smallest absolute Gasteiger partial charge is 0.239 e. The third kappa shape index (κ3) is 3.44. The molecular weight excluding hydrogens is 226 g/mol. The minimum Gasteiger partial charge on any atom is -0.375 e. The Bertz CT molecular complexity index is 426. The van der Waals surface area contributed by atoms with Crippen molar-refractivity contribution >= 4 is 23.2 Å². The molecule has 0 aliphatic rings. The van der Waals surface area contributed by atoms with E-state index < -0.39 is 0 Å². The molecule has 2 N–H and O–H groups in total. The number of halogens is 1. The summed E-state index contributed by atoms with van der Waals surface area (Å²) >= 11 is 5.80. The van der Waals surface area contributed by atoms with Crippen LogP contribution >= 0.6 is 11.6 Å². The summed E-state index contributed by atoms with van der Waals surface area (Å²) in [6, 6.07) is 6.90. The van der Waals surface area contributed by atoms with Crippen molar-refractivity contribution < 1.29 is 4.79 Å². The van der Waals surface area contributed by atoms with Crippen molar-refractivity contribution in [2.45, 2.75) is 6.92 Å². The molecule has 0 unspecified atom stereocenters. The van der Waals surface area contributed by atoms with E-state index in [0.29, 0.717) is 22.8 Å². The van der Waals surface area contributed by atoms with Gasteiger partial charge < -0.3 is 10.6 Å². The van der Waals surface area contributed by atoms with E-state index in [-0.39, 0.29) is 12.5 Å². The Morgan fingerprint density at radius 2 is 2.31 bits per heavy atom. The van der Waals surface area contributed by atoms with Gasteiger partial charge in [0.1, 0.15) is 6.07 Å². The lowest BCUT2D eigenvalue weighted by Crippen LogP contribution is -2.29. The molecule has 16 heavy (non-hydrogen) atoms. The molecule has 5 heteroatoms. The van der Waals surface area contributed by atoms with Gasteiger partial charge in [-0.15, -0.1) is 0 Å². The van der Waals surface area contributed by atoms with Crippen molar-refractivity contribution in [2.75, 3.05) is 18.4 Å². The molecule has 0 heterocycles. The number of nitrogens with zero attached hydrogens (tertiary/aromatic N) is 1. The number of hydrogen-bond acceptors (Lipinski definition) is 3. The standard InChI is InChI=1S/C11H12ClN3O/c1-2-14-11(16)7-15-10-5-9(12)4-3-8(10)6-13/h3-5,15H,2,7H2,1H3,(H,14,16). The largest absolute Gasteiger partial charge is 0.375 e. The van der Waals surface area contributed by atoms with Crippen LogP contribution in [0.1, 0.15) is 12.5 Å². The van der Waals surface area contributed by atoms with Crippen LogP contribution < -0.4 is 10.6 Å². The molecule has 0 aliphatic heterocycles. The third-order valence-electron chi connectivity index (χ3n) is 1.92. The van der Waals surface area contributed by atoms with Gasteiger partial charge in [0.25, 0.3) is 0 Å². The van der Waals surface area contributed by atoms with Crippen molar-refractivity contribution in [1.82, 2.24) is 5.32 Å². The number of rotatable bonds is 4. The van der Waals surface area contributed by atoms with Gasteiger partial charge in [0.2, 0.25) is 5.91 Å². The minimum absolute atomic E-state index is 0.119. The molecule has 1 rings (SSSR count). The zero-order valence-electron chi connectivity index (χ0n) is 8.88. The molecule has 0 aliphatic carbocycles. The minimum atomic E-state index is -0.119. The normalized spacial score (nSPS) is 9.31. The maximum absolute atomic E-state index is 11.2. The van der Waals surface area contributed by atoms with E-state index in [1.54, 1.807) is 18.2 Å². The first-order valence-electron chi connectivity index (χ1n) is 4.87. The maximum atomic E-state index is 11.2. The van der Waals surface area contributed by atoms with Crippen LogP contribution in [0.5, 0.6) is 0 Å². The summed E-state index contributed by atoms with van der Waals surface area (Å²) in [4.78, 5) is 11.2. The Labute approximate surface area is 99.2 Å². The van der Waals surface area contributed by atoms with Crippen LogP contribution in [0.2, 0.25) is 5.02 Å². The highest BCUT2D eigenvalue weighted by atomic mass is 35.5. The average molecular weight is 238 g/mol. The van der Waals surface area contributed by atoms with E-state index in [2.05, 4.69) is 10.6 Å². The molecule has 1 amide bonds. The van der Waals surface area contributed by atoms with Gasteiger partial charge in [0.05, 0.1) is 17.8 Å². The quantitative estimate of drug-likeness (QED) is 0.839. The maximum Gasteiger partial charge on any atom is 0.239 e. The zero-order chi connectivity index (χ0) is 12.0. The molecule has 1 aromatic rings. The molecule has 1 aromatic carbocycles. The van der Waals surface area contributed by atoms with Crippen LogP contribution in [0.15, 0.2) is 18.2 Å². The van der Waals surface area contributed by atoms with Crippen LogP contribution in [0.4, 0.5) is 5.69 Å². The Morgan fingerprint density at radius 1 is 1.56 bits per heavy atom. The molecule has 0 fully saturated rings. The molecule has 0 saturated carbocycles. The molecule has 0 bridgehead atoms. The summed E-state index contributed by atoms with van der Waals surface area (Å²) in [5.74, 6) is -0.119. The molecule has 4 nitrogen and oxygen atoms in total. The second kappa shape index (κ2) is 5.99. The van der Waals surface area contributed by atoms with Crippen LogP contribution in [-0.4, -0.2) is 19.0 Å². The fourth-order valence-corrected chi connectivity index (χ4v) is 1.37. The predicted molar refractivity (Wildman–Crippen MR) is 63.3 cm³/mol. The average Bonchev–Trinajstić information content (AvgIpc) is 2.27. The van der Waals surface area contributed by atoms with Gasteiger partial charge in [0, 0.05) is 11.6 Å². The Morgan fingerprint density at radius 3 is 2.94 bits per heavy atom. The van der Waals surface area contributed by atoms with E-state index in [1.165, 1.54) is 0 Å². The van der Waals surface area contributed by atoms with E-state index >= 15 is 0 Å². The van der Waals surface area contributed by atoms with Gasteiger partial charge in [-0.1, -0.05) is 11.6 Å². The molecule has 84 valence electrons. The summed E-state index contributed by atoms with van der Waals surface area (Å²) in [6.07, 6.45) is 0. The lowest BCUT2D eigenvalue weighted by atomic mass is 10.2. The van der Waals surface area contributed by atoms with Gasteiger partial charge in [-0.3, -0.25) is 4.79 Å². The fraction of sp³-hybridized carbons (Fsp3) is 0.273. The molecular formula is C11H12ClN3O. The van der Waals surface area contributed by atoms with Crippen molar-refractivity contribution in [3.8, 4) is 6.07 Å². The van der Waals surface area contributed by atoms with Gasteiger partial charge in [-0.05, 0) is 25.1 Å². The molecule has 0 spiro atoms. The monoisotopic (exact) mass is 237 g/mol. The van der Waals surface area contributed by atoms with Crippen molar-refractivity contribution in [1.29, 1.82) is 5.26 Å². The van der Waals surface area contributed by atoms with Crippen LogP contribution in [0, 0.1) is 11.3 Å². The summed E-state index contributed by atoms with van der Waals surface area (Å²) < 4.78 is 0. The van der Waals surface area contributed by atoms with Gasteiger partial charge in [-0.2, -0.15) is 5.26 Å². The number of anilines is 1. The van der Waals surface area contributed by atoms with Gasteiger partial charge in [0.15, 0.2) is 0 Å². The number of hydrogen-bond donors (Lipinski definition) is 2. The highest BCUT2D eigenvalue weighted by Gasteiger charge is 2.04. The highest BCUT2D eigenvalue weighted by molar-refractivity contribution is 6.30. The van der Waals surface area contributed by atoms with E-state index in [1.807, 2.05) is 13.0 Å². The van der Waals surface area contributed by atoms with E-state index in [9.17, 15) is 4.79 Å². The van der Waals surface area contributed by atoms with Crippen molar-refractivity contribution in [3.63, 3.8) is 0 Å². The number of benzene rings is 1. The second-order valence-corrected chi connectivity index (χ2v) is 3.55. The number of carbonyl (C=O) groups is 1.